The summed E-state index contributed by atoms with van der Waals surface area (Å²) < 4.78 is 6.30. The highest BCUT2D eigenvalue weighted by Crippen LogP contribution is 2.35. The van der Waals surface area contributed by atoms with Gasteiger partial charge in [-0.05, 0) is 99.0 Å². The third-order valence-corrected chi connectivity index (χ3v) is 9.13. The molecule has 1 aliphatic carbocycles. The van der Waals surface area contributed by atoms with Crippen LogP contribution in [0.2, 0.25) is 0 Å². The molecule has 1 unspecified atom stereocenters. The van der Waals surface area contributed by atoms with Crippen LogP contribution in [0.1, 0.15) is 98.4 Å². The maximum atomic E-state index is 13.5. The lowest BCUT2D eigenvalue weighted by Crippen LogP contribution is -2.43. The molecule has 2 aliphatic rings. The van der Waals surface area contributed by atoms with E-state index in [-0.39, 0.29) is 23.8 Å². The van der Waals surface area contributed by atoms with E-state index in [1.54, 1.807) is 24.4 Å². The van der Waals surface area contributed by atoms with Crippen LogP contribution in [0.25, 0.3) is 0 Å². The summed E-state index contributed by atoms with van der Waals surface area (Å²) in [7, 11) is 0. The predicted molar refractivity (Wildman–Crippen MR) is 169 cm³/mol. The Morgan fingerprint density at radius 1 is 1.00 bits per heavy atom. The lowest BCUT2D eigenvalue weighted by Gasteiger charge is -2.37. The van der Waals surface area contributed by atoms with Gasteiger partial charge in [-0.2, -0.15) is 0 Å². The number of rotatable bonds is 11. The zero-order valence-electron chi connectivity index (χ0n) is 25.0. The summed E-state index contributed by atoms with van der Waals surface area (Å²) >= 11 is 0. The summed E-state index contributed by atoms with van der Waals surface area (Å²) in [5, 5.41) is 12.2. The van der Waals surface area contributed by atoms with Gasteiger partial charge in [-0.15, -0.1) is 0 Å². The van der Waals surface area contributed by atoms with Gasteiger partial charge in [-0.25, -0.2) is 0 Å². The predicted octanol–water partition coefficient (Wildman–Crippen LogP) is 6.77. The molecule has 0 bridgehead atoms. The van der Waals surface area contributed by atoms with E-state index in [0.717, 1.165) is 55.8 Å². The maximum Gasteiger partial charge on any atom is 0.251 e. The number of likely N-dealkylation sites (tertiary alicyclic amines) is 1. The van der Waals surface area contributed by atoms with Gasteiger partial charge in [0.1, 0.15) is 11.9 Å². The molecule has 42 heavy (non-hydrogen) atoms. The van der Waals surface area contributed by atoms with Crippen molar-refractivity contribution in [1.82, 2.24) is 15.2 Å². The van der Waals surface area contributed by atoms with Crippen molar-refractivity contribution in [3.63, 3.8) is 0 Å². The minimum atomic E-state index is -0.175. The molecule has 1 aliphatic heterocycles. The number of hydrogen-bond acceptors (Lipinski definition) is 6. The Morgan fingerprint density at radius 2 is 1.69 bits per heavy atom. The first-order chi connectivity index (χ1) is 20.5. The Morgan fingerprint density at radius 3 is 2.33 bits per heavy atom. The number of carbonyl (C=O) groups is 1. The molecule has 5 rings (SSSR count). The molecule has 7 heteroatoms. The first kappa shape index (κ1) is 29.8. The highest BCUT2D eigenvalue weighted by Gasteiger charge is 2.29. The van der Waals surface area contributed by atoms with Crippen LogP contribution in [0.4, 0.5) is 5.69 Å². The van der Waals surface area contributed by atoms with E-state index in [1.165, 1.54) is 25.7 Å². The number of benzene rings is 2. The average molecular weight is 568 g/mol. The fraction of sp³-hybridized carbons (Fsp3) is 0.457. The Balaban J connectivity index is 1.24. The second kappa shape index (κ2) is 14.0. The van der Waals surface area contributed by atoms with E-state index < -0.39 is 0 Å². The van der Waals surface area contributed by atoms with Crippen molar-refractivity contribution in [2.75, 3.05) is 18.8 Å². The number of aromatic nitrogens is 1. The summed E-state index contributed by atoms with van der Waals surface area (Å²) in [6, 6.07) is 19.2. The van der Waals surface area contributed by atoms with Gasteiger partial charge in [0.05, 0.1) is 17.4 Å². The first-order valence-electron chi connectivity index (χ1n) is 15.7. The summed E-state index contributed by atoms with van der Waals surface area (Å²) in [6.45, 7) is 6.69. The molecule has 7 nitrogen and oxygen atoms in total. The Bertz CT molecular complexity index is 1330. The van der Waals surface area contributed by atoms with Crippen molar-refractivity contribution >= 4 is 17.3 Å². The van der Waals surface area contributed by atoms with Crippen molar-refractivity contribution in [2.45, 2.75) is 83.4 Å². The third-order valence-electron chi connectivity index (χ3n) is 9.13. The van der Waals surface area contributed by atoms with E-state index in [2.05, 4.69) is 29.0 Å². The fourth-order valence-corrected chi connectivity index (χ4v) is 6.63. The number of carbonyl (C=O) groups excluding carboxylic acids is 1. The second-order valence-corrected chi connectivity index (χ2v) is 11.8. The van der Waals surface area contributed by atoms with Gasteiger partial charge in [0.2, 0.25) is 0 Å². The van der Waals surface area contributed by atoms with E-state index in [4.69, 9.17) is 15.9 Å². The normalized spacial score (nSPS) is 17.3. The largest absolute Gasteiger partial charge is 0.490 e. The van der Waals surface area contributed by atoms with E-state index in [1.807, 2.05) is 42.5 Å². The minimum absolute atomic E-state index is 0.138. The standard InChI is InChI=1S/C35H45N5O2/c1-3-27(4-2)40-21-18-29(19-22-40)42-28-15-12-24(13-16-28)33(37)30-23-26(14-17-31(30)36)35(41)39-34(25-9-5-6-10-25)32-11-7-8-20-38-32/h7-8,11-17,20,23,25,27,29,34,37H,3-6,9-10,18-19,21-22,36H2,1-2H3,(H,39,41). The van der Waals surface area contributed by atoms with Crippen LogP contribution >= 0.6 is 0 Å². The van der Waals surface area contributed by atoms with Gasteiger partial charge in [-0.1, -0.05) is 32.8 Å². The third kappa shape index (κ3) is 7.01. The first-order valence-corrected chi connectivity index (χ1v) is 15.7. The number of piperidine rings is 1. The molecule has 2 aromatic carbocycles. The molecular formula is C35H45N5O2. The molecule has 1 atom stereocenters. The van der Waals surface area contributed by atoms with Crippen molar-refractivity contribution in [2.24, 2.45) is 5.92 Å². The number of nitrogens with two attached hydrogens (primary N) is 1. The summed E-state index contributed by atoms with van der Waals surface area (Å²) in [5.74, 6) is 1.01. The number of nitrogens with one attached hydrogen (secondary N) is 2. The topological polar surface area (TPSA) is 104 Å². The average Bonchev–Trinajstić information content (AvgIpc) is 3.57. The molecule has 0 spiro atoms. The van der Waals surface area contributed by atoms with Crippen LogP contribution in [0.3, 0.4) is 0 Å². The molecule has 4 N–H and O–H groups in total. The van der Waals surface area contributed by atoms with Gasteiger partial charge in [0.25, 0.3) is 5.91 Å². The molecule has 2 heterocycles. The highest BCUT2D eigenvalue weighted by atomic mass is 16.5. The van der Waals surface area contributed by atoms with Gasteiger partial charge >= 0.3 is 0 Å². The van der Waals surface area contributed by atoms with Gasteiger partial charge in [0.15, 0.2) is 0 Å². The molecule has 1 aromatic heterocycles. The van der Waals surface area contributed by atoms with Crippen LogP contribution in [-0.2, 0) is 0 Å². The summed E-state index contributed by atoms with van der Waals surface area (Å²) in [4.78, 5) is 20.6. The SMILES string of the molecule is CCC(CC)N1CCC(Oc2ccc(C(=N)c3cc(C(=O)NC(c4ccccn4)C4CCCC4)ccc3N)cc2)CC1. The van der Waals surface area contributed by atoms with Gasteiger partial charge in [0, 0.05) is 47.7 Å². The summed E-state index contributed by atoms with van der Waals surface area (Å²) in [5.41, 5.74) is 9.72. The molecular weight excluding hydrogens is 522 g/mol. The van der Waals surface area contributed by atoms with Crippen LogP contribution in [-0.4, -0.2) is 46.7 Å². The molecule has 3 aromatic rings. The quantitative estimate of drug-likeness (QED) is 0.175. The van der Waals surface area contributed by atoms with Crippen molar-refractivity contribution < 1.29 is 9.53 Å². The number of amides is 1. The molecule has 2 fully saturated rings. The zero-order chi connectivity index (χ0) is 29.5. The van der Waals surface area contributed by atoms with E-state index >= 15 is 0 Å². The number of nitrogen functional groups attached to an aromatic ring is 1. The summed E-state index contributed by atoms with van der Waals surface area (Å²) in [6.07, 6.45) is 10.9. The lowest BCUT2D eigenvalue weighted by molar-refractivity contribution is 0.0726. The number of anilines is 1. The Kier molecular flexibility index (Phi) is 9.90. The van der Waals surface area contributed by atoms with Crippen molar-refractivity contribution in [1.29, 1.82) is 5.41 Å². The number of pyridine rings is 1. The number of nitrogens with zero attached hydrogens (tertiary/aromatic N) is 2. The van der Waals surface area contributed by atoms with Crippen LogP contribution in [0.5, 0.6) is 5.75 Å². The fourth-order valence-electron chi connectivity index (χ4n) is 6.63. The van der Waals surface area contributed by atoms with Gasteiger partial charge in [-0.3, -0.25) is 15.2 Å². The highest BCUT2D eigenvalue weighted by molar-refractivity contribution is 6.14. The maximum absolute atomic E-state index is 13.5. The van der Waals surface area contributed by atoms with Crippen LogP contribution in [0, 0.1) is 11.3 Å². The smallest absolute Gasteiger partial charge is 0.251 e. The molecule has 1 amide bonds. The Labute approximate surface area is 250 Å². The lowest BCUT2D eigenvalue weighted by atomic mass is 9.94. The molecule has 1 saturated carbocycles. The molecule has 1 saturated heterocycles. The second-order valence-electron chi connectivity index (χ2n) is 11.8. The monoisotopic (exact) mass is 567 g/mol. The van der Waals surface area contributed by atoms with Gasteiger partial charge < -0.3 is 20.7 Å². The number of ether oxygens (including phenoxy) is 1. The van der Waals surface area contributed by atoms with Crippen LogP contribution in [0.15, 0.2) is 66.9 Å². The van der Waals surface area contributed by atoms with Crippen molar-refractivity contribution in [3.05, 3.63) is 89.2 Å². The number of hydrogen-bond donors (Lipinski definition) is 3. The van der Waals surface area contributed by atoms with Crippen LogP contribution < -0.4 is 15.8 Å². The molecule has 0 radical (unpaired) electrons. The van der Waals surface area contributed by atoms with E-state index in [9.17, 15) is 4.79 Å². The van der Waals surface area contributed by atoms with Crippen molar-refractivity contribution in [3.8, 4) is 5.75 Å². The Hall–Kier alpha value is -3.71. The van der Waals surface area contributed by atoms with E-state index in [0.29, 0.717) is 28.8 Å². The molecule has 222 valence electrons. The zero-order valence-corrected chi connectivity index (χ0v) is 25.0. The minimum Gasteiger partial charge on any atom is -0.490 e.